The van der Waals surface area contributed by atoms with Crippen LogP contribution in [0.3, 0.4) is 0 Å². The highest BCUT2D eigenvalue weighted by Crippen LogP contribution is 2.04. The molecular formula is C11H14O6S. The van der Waals surface area contributed by atoms with Crippen molar-refractivity contribution in [2.24, 2.45) is 0 Å². The van der Waals surface area contributed by atoms with E-state index in [1.165, 1.54) is 0 Å². The Kier molecular flexibility index (Phi) is 5.26. The van der Waals surface area contributed by atoms with Gasteiger partial charge in [-0.3, -0.25) is 4.18 Å². The number of aliphatic carboxylic acids is 1. The van der Waals surface area contributed by atoms with Gasteiger partial charge in [-0.05, 0) is 5.56 Å². The Morgan fingerprint density at radius 1 is 1.33 bits per heavy atom. The summed E-state index contributed by atoms with van der Waals surface area (Å²) in [6, 6.07) is 9.11. The third kappa shape index (κ3) is 5.76. The Balaban J connectivity index is 2.46. The highest BCUT2D eigenvalue weighted by atomic mass is 32.2. The summed E-state index contributed by atoms with van der Waals surface area (Å²) in [6.07, 6.45) is -0.733. The topological polar surface area (TPSA) is 89.9 Å². The summed E-state index contributed by atoms with van der Waals surface area (Å²) in [5.74, 6) is -1.38. The summed E-state index contributed by atoms with van der Waals surface area (Å²) in [4.78, 5) is 10.8. The minimum atomic E-state index is -3.82. The molecule has 7 heteroatoms. The number of carboxylic acid groups (broad SMARTS) is 1. The molecule has 1 rings (SSSR count). The third-order valence-electron chi connectivity index (χ3n) is 1.95. The van der Waals surface area contributed by atoms with Gasteiger partial charge in [0, 0.05) is 0 Å². The average molecular weight is 274 g/mol. The Morgan fingerprint density at radius 3 is 2.44 bits per heavy atom. The minimum Gasteiger partial charge on any atom is -0.479 e. The first kappa shape index (κ1) is 14.6. The third-order valence-corrected chi connectivity index (χ3v) is 2.53. The molecule has 0 aliphatic heterocycles. The molecule has 0 bridgehead atoms. The van der Waals surface area contributed by atoms with E-state index in [4.69, 9.17) is 9.84 Å². The van der Waals surface area contributed by atoms with Gasteiger partial charge >= 0.3 is 5.97 Å². The highest BCUT2D eigenvalue weighted by molar-refractivity contribution is 7.86. The molecule has 0 aliphatic rings. The zero-order chi connectivity index (χ0) is 13.6. The predicted molar refractivity (Wildman–Crippen MR) is 63.5 cm³/mol. The summed E-state index contributed by atoms with van der Waals surface area (Å²) in [5.41, 5.74) is 0.862. The van der Waals surface area contributed by atoms with Crippen LogP contribution in [0.2, 0.25) is 0 Å². The summed E-state index contributed by atoms with van der Waals surface area (Å²) in [7, 11) is -3.82. The van der Waals surface area contributed by atoms with Crippen LogP contribution in [0.15, 0.2) is 30.3 Å². The van der Waals surface area contributed by atoms with E-state index < -0.39 is 22.2 Å². The van der Waals surface area contributed by atoms with E-state index in [2.05, 4.69) is 4.18 Å². The fourth-order valence-corrected chi connectivity index (χ4v) is 1.77. The first-order valence-electron chi connectivity index (χ1n) is 5.11. The smallest absolute Gasteiger partial charge is 0.336 e. The number of rotatable bonds is 7. The molecule has 0 amide bonds. The van der Waals surface area contributed by atoms with E-state index in [1.807, 2.05) is 30.3 Å². The average Bonchev–Trinajstić information content (AvgIpc) is 2.27. The molecule has 0 saturated heterocycles. The van der Waals surface area contributed by atoms with E-state index in [0.29, 0.717) is 0 Å². The standard InChI is InChI=1S/C11H14O6S/c1-18(14,15)17-10(11(12)13)8-16-7-9-5-3-2-4-6-9/h2-6,10H,7-8H2,1H3,(H,12,13). The highest BCUT2D eigenvalue weighted by Gasteiger charge is 2.23. The van der Waals surface area contributed by atoms with Crippen molar-refractivity contribution < 1.29 is 27.2 Å². The molecule has 0 aliphatic carbocycles. The first-order chi connectivity index (χ1) is 8.38. The fourth-order valence-electron chi connectivity index (χ4n) is 1.21. The molecule has 0 radical (unpaired) electrons. The van der Waals surface area contributed by atoms with Crippen LogP contribution in [0.1, 0.15) is 5.56 Å². The quantitative estimate of drug-likeness (QED) is 0.733. The summed E-state index contributed by atoms with van der Waals surface area (Å²) in [6.45, 7) is -0.144. The van der Waals surface area contributed by atoms with Gasteiger partial charge in [0.25, 0.3) is 10.1 Å². The molecule has 0 heterocycles. The van der Waals surface area contributed by atoms with E-state index in [1.54, 1.807) is 0 Å². The molecule has 1 atom stereocenters. The SMILES string of the molecule is CS(=O)(=O)OC(COCc1ccccc1)C(=O)O. The monoisotopic (exact) mass is 274 g/mol. The van der Waals surface area contributed by atoms with Gasteiger partial charge in [-0.1, -0.05) is 30.3 Å². The second kappa shape index (κ2) is 6.48. The Hall–Kier alpha value is -1.44. The van der Waals surface area contributed by atoms with Crippen LogP contribution < -0.4 is 0 Å². The maximum absolute atomic E-state index is 10.8. The molecule has 0 aromatic heterocycles. The molecule has 100 valence electrons. The fraction of sp³-hybridized carbons (Fsp3) is 0.364. The van der Waals surface area contributed by atoms with Gasteiger partial charge < -0.3 is 9.84 Å². The molecule has 1 aromatic carbocycles. The van der Waals surface area contributed by atoms with Crippen molar-refractivity contribution in [1.29, 1.82) is 0 Å². The predicted octanol–water partition coefficient (Wildman–Crippen LogP) is 0.633. The van der Waals surface area contributed by atoms with E-state index in [9.17, 15) is 13.2 Å². The number of carbonyl (C=O) groups is 1. The van der Waals surface area contributed by atoms with Crippen molar-refractivity contribution >= 4 is 16.1 Å². The molecular weight excluding hydrogens is 260 g/mol. The van der Waals surface area contributed by atoms with Gasteiger partial charge in [0.2, 0.25) is 0 Å². The first-order valence-corrected chi connectivity index (χ1v) is 6.93. The minimum absolute atomic E-state index is 0.192. The molecule has 1 unspecified atom stereocenters. The van der Waals surface area contributed by atoms with Crippen LogP contribution in [-0.4, -0.2) is 38.5 Å². The Bertz CT molecular complexity index is 482. The molecule has 18 heavy (non-hydrogen) atoms. The second-order valence-corrected chi connectivity index (χ2v) is 5.23. The lowest BCUT2D eigenvalue weighted by Crippen LogP contribution is -2.31. The summed E-state index contributed by atoms with van der Waals surface area (Å²) >= 11 is 0. The zero-order valence-corrected chi connectivity index (χ0v) is 10.6. The van der Waals surface area contributed by atoms with Gasteiger partial charge in [0.15, 0.2) is 6.10 Å². The van der Waals surface area contributed by atoms with Gasteiger partial charge in [0.05, 0.1) is 19.5 Å². The van der Waals surface area contributed by atoms with E-state index in [0.717, 1.165) is 11.8 Å². The molecule has 6 nitrogen and oxygen atoms in total. The second-order valence-electron chi connectivity index (χ2n) is 3.63. The van der Waals surface area contributed by atoms with Crippen molar-refractivity contribution in [2.75, 3.05) is 12.9 Å². The maximum Gasteiger partial charge on any atom is 0.336 e. The number of hydrogen-bond acceptors (Lipinski definition) is 5. The van der Waals surface area contributed by atoms with Crippen LogP contribution in [0, 0.1) is 0 Å². The number of carboxylic acids is 1. The van der Waals surface area contributed by atoms with Crippen molar-refractivity contribution in [3.63, 3.8) is 0 Å². The maximum atomic E-state index is 10.8. The van der Waals surface area contributed by atoms with Crippen LogP contribution in [0.4, 0.5) is 0 Å². The lowest BCUT2D eigenvalue weighted by atomic mass is 10.2. The summed E-state index contributed by atoms with van der Waals surface area (Å²) in [5, 5.41) is 8.76. The molecule has 1 N–H and O–H groups in total. The van der Waals surface area contributed by atoms with Crippen molar-refractivity contribution in [1.82, 2.24) is 0 Å². The van der Waals surface area contributed by atoms with Crippen molar-refractivity contribution in [3.05, 3.63) is 35.9 Å². The normalized spacial score (nSPS) is 13.2. The Labute approximate surface area is 105 Å². The van der Waals surface area contributed by atoms with Crippen LogP contribution in [0.25, 0.3) is 0 Å². The van der Waals surface area contributed by atoms with E-state index in [-0.39, 0.29) is 13.2 Å². The van der Waals surface area contributed by atoms with Crippen LogP contribution in [-0.2, 0) is 30.4 Å². The number of ether oxygens (including phenoxy) is 1. The van der Waals surface area contributed by atoms with Gasteiger partial charge in [-0.2, -0.15) is 8.42 Å². The van der Waals surface area contributed by atoms with Crippen molar-refractivity contribution in [3.8, 4) is 0 Å². The Morgan fingerprint density at radius 2 is 1.94 bits per heavy atom. The largest absolute Gasteiger partial charge is 0.479 e. The number of benzene rings is 1. The number of hydrogen-bond donors (Lipinski definition) is 1. The zero-order valence-electron chi connectivity index (χ0n) is 9.78. The van der Waals surface area contributed by atoms with E-state index >= 15 is 0 Å². The van der Waals surface area contributed by atoms with Crippen LogP contribution >= 0.6 is 0 Å². The molecule has 0 saturated carbocycles. The lowest BCUT2D eigenvalue weighted by molar-refractivity contribution is -0.148. The van der Waals surface area contributed by atoms with Crippen molar-refractivity contribution in [2.45, 2.75) is 12.7 Å². The molecule has 1 aromatic rings. The molecule has 0 spiro atoms. The van der Waals surface area contributed by atoms with Crippen LogP contribution in [0.5, 0.6) is 0 Å². The van der Waals surface area contributed by atoms with Gasteiger partial charge in [-0.15, -0.1) is 0 Å². The lowest BCUT2D eigenvalue weighted by Gasteiger charge is -2.12. The van der Waals surface area contributed by atoms with Gasteiger partial charge in [0.1, 0.15) is 0 Å². The van der Waals surface area contributed by atoms with Gasteiger partial charge in [-0.25, -0.2) is 4.79 Å². The summed E-state index contributed by atoms with van der Waals surface area (Å²) < 4.78 is 31.2. The molecule has 0 fully saturated rings.